The molecule has 0 bridgehead atoms. The van der Waals surface area contributed by atoms with Crippen molar-refractivity contribution < 1.29 is 12.8 Å². The van der Waals surface area contributed by atoms with Crippen LogP contribution in [0, 0.1) is 18.7 Å². The maximum atomic E-state index is 13.5. The Bertz CT molecular complexity index is 573. The third-order valence-electron chi connectivity index (χ3n) is 3.20. The van der Waals surface area contributed by atoms with Crippen LogP contribution in [-0.2, 0) is 10.0 Å². The van der Waals surface area contributed by atoms with E-state index in [9.17, 15) is 12.8 Å². The number of nitrogens with one attached hydrogen (secondary N) is 1. The summed E-state index contributed by atoms with van der Waals surface area (Å²) in [4.78, 5) is -0.0408. The monoisotopic (exact) mass is 302 g/mol. The van der Waals surface area contributed by atoms with Gasteiger partial charge in [0.1, 0.15) is 5.82 Å². The molecule has 20 heavy (non-hydrogen) atoms. The average molecular weight is 302 g/mol. The Morgan fingerprint density at radius 2 is 2.00 bits per heavy atom. The van der Waals surface area contributed by atoms with E-state index in [1.807, 2.05) is 13.8 Å². The molecule has 0 saturated heterocycles. The highest BCUT2D eigenvalue weighted by Gasteiger charge is 2.31. The van der Waals surface area contributed by atoms with Crippen LogP contribution in [0.4, 0.5) is 4.39 Å². The lowest BCUT2D eigenvalue weighted by Crippen LogP contribution is -2.52. The van der Waals surface area contributed by atoms with Gasteiger partial charge in [-0.2, -0.15) is 0 Å². The molecule has 1 aromatic carbocycles. The van der Waals surface area contributed by atoms with Crippen molar-refractivity contribution >= 4 is 10.0 Å². The van der Waals surface area contributed by atoms with Crippen LogP contribution < -0.4 is 10.5 Å². The SMILES string of the molecule is Cc1c(F)cccc1S(=O)(=O)NC(C)(CN)CC(C)C. The van der Waals surface area contributed by atoms with Crippen molar-refractivity contribution in [3.63, 3.8) is 0 Å². The Kier molecular flexibility index (Phi) is 5.29. The molecule has 114 valence electrons. The number of hydrogen-bond donors (Lipinski definition) is 2. The first-order valence-electron chi connectivity index (χ1n) is 6.60. The van der Waals surface area contributed by atoms with Gasteiger partial charge in [-0.25, -0.2) is 17.5 Å². The highest BCUT2D eigenvalue weighted by molar-refractivity contribution is 7.89. The summed E-state index contributed by atoms with van der Waals surface area (Å²) >= 11 is 0. The summed E-state index contributed by atoms with van der Waals surface area (Å²) in [5, 5.41) is 0. The number of nitrogens with two attached hydrogens (primary N) is 1. The van der Waals surface area contributed by atoms with Crippen LogP contribution in [0.5, 0.6) is 0 Å². The summed E-state index contributed by atoms with van der Waals surface area (Å²) in [6.07, 6.45) is 0.608. The summed E-state index contributed by atoms with van der Waals surface area (Å²) in [6.45, 7) is 7.38. The van der Waals surface area contributed by atoms with Crippen LogP contribution in [0.1, 0.15) is 32.8 Å². The quantitative estimate of drug-likeness (QED) is 0.846. The van der Waals surface area contributed by atoms with Crippen molar-refractivity contribution in [3.8, 4) is 0 Å². The van der Waals surface area contributed by atoms with E-state index in [-0.39, 0.29) is 17.0 Å². The molecule has 6 heteroatoms. The van der Waals surface area contributed by atoms with Crippen LogP contribution in [0.2, 0.25) is 0 Å². The smallest absolute Gasteiger partial charge is 0.241 e. The standard InChI is InChI=1S/C14H23FN2O2S/c1-10(2)8-14(4,9-16)17-20(18,19)13-7-5-6-12(15)11(13)3/h5-7,10,17H,8-9,16H2,1-4H3. The molecule has 0 aliphatic carbocycles. The Hall–Kier alpha value is -0.980. The highest BCUT2D eigenvalue weighted by Crippen LogP contribution is 2.22. The van der Waals surface area contributed by atoms with Gasteiger partial charge in [0.25, 0.3) is 0 Å². The van der Waals surface area contributed by atoms with Crippen molar-refractivity contribution in [1.82, 2.24) is 4.72 Å². The van der Waals surface area contributed by atoms with Gasteiger partial charge in [0.15, 0.2) is 0 Å². The van der Waals surface area contributed by atoms with Crippen molar-refractivity contribution in [3.05, 3.63) is 29.6 Å². The van der Waals surface area contributed by atoms with E-state index in [0.717, 1.165) is 0 Å². The number of rotatable bonds is 6. The summed E-state index contributed by atoms with van der Waals surface area (Å²) in [7, 11) is -3.80. The zero-order valence-electron chi connectivity index (χ0n) is 12.4. The fraction of sp³-hybridized carbons (Fsp3) is 0.571. The molecule has 4 nitrogen and oxygen atoms in total. The number of halogens is 1. The van der Waals surface area contributed by atoms with Crippen molar-refractivity contribution in [1.29, 1.82) is 0 Å². The van der Waals surface area contributed by atoms with Gasteiger partial charge < -0.3 is 5.73 Å². The second-order valence-electron chi connectivity index (χ2n) is 5.83. The zero-order valence-corrected chi connectivity index (χ0v) is 13.2. The lowest BCUT2D eigenvalue weighted by atomic mass is 9.92. The molecule has 3 N–H and O–H groups in total. The first-order valence-corrected chi connectivity index (χ1v) is 8.09. The lowest BCUT2D eigenvalue weighted by molar-refractivity contribution is 0.344. The zero-order chi connectivity index (χ0) is 15.6. The van der Waals surface area contributed by atoms with E-state index in [4.69, 9.17) is 5.73 Å². The van der Waals surface area contributed by atoms with Crippen LogP contribution in [0.25, 0.3) is 0 Å². The topological polar surface area (TPSA) is 72.2 Å². The predicted octanol–water partition coefficient (Wildman–Crippen LogP) is 2.18. The van der Waals surface area contributed by atoms with Gasteiger partial charge in [0.2, 0.25) is 10.0 Å². The maximum Gasteiger partial charge on any atom is 0.241 e. The molecule has 1 unspecified atom stereocenters. The molecule has 0 amide bonds. The van der Waals surface area contributed by atoms with E-state index in [2.05, 4.69) is 4.72 Å². The first-order chi connectivity index (χ1) is 9.11. The molecule has 0 aliphatic rings. The van der Waals surface area contributed by atoms with E-state index < -0.39 is 21.4 Å². The molecule has 0 aliphatic heterocycles. The third-order valence-corrected chi connectivity index (χ3v) is 4.98. The van der Waals surface area contributed by atoms with E-state index in [0.29, 0.717) is 12.3 Å². The van der Waals surface area contributed by atoms with Gasteiger partial charge in [0.05, 0.1) is 4.90 Å². The molecule has 0 fully saturated rings. The summed E-state index contributed by atoms with van der Waals surface area (Å²) in [5.41, 5.74) is 5.08. The minimum absolute atomic E-state index is 0.0408. The molecule has 1 rings (SSSR count). The maximum absolute atomic E-state index is 13.5. The fourth-order valence-electron chi connectivity index (χ4n) is 2.33. The highest BCUT2D eigenvalue weighted by atomic mass is 32.2. The molecule has 1 atom stereocenters. The van der Waals surface area contributed by atoms with Gasteiger partial charge in [0, 0.05) is 17.6 Å². The Morgan fingerprint density at radius 3 is 2.50 bits per heavy atom. The number of sulfonamides is 1. The Labute approximate surface area is 120 Å². The molecule has 1 aromatic rings. The second kappa shape index (κ2) is 6.20. The van der Waals surface area contributed by atoms with Crippen LogP contribution >= 0.6 is 0 Å². The first kappa shape index (κ1) is 17.1. The molecule has 0 radical (unpaired) electrons. The van der Waals surface area contributed by atoms with Crippen molar-refractivity contribution in [2.45, 2.75) is 44.6 Å². The Morgan fingerprint density at radius 1 is 1.40 bits per heavy atom. The van der Waals surface area contributed by atoms with E-state index in [1.54, 1.807) is 6.92 Å². The van der Waals surface area contributed by atoms with Gasteiger partial charge in [-0.05, 0) is 38.3 Å². The van der Waals surface area contributed by atoms with Crippen LogP contribution in [-0.4, -0.2) is 20.5 Å². The summed E-state index contributed by atoms with van der Waals surface area (Å²) in [6, 6.07) is 4.02. The van der Waals surface area contributed by atoms with E-state index in [1.165, 1.54) is 25.1 Å². The Balaban J connectivity index is 3.14. The van der Waals surface area contributed by atoms with Crippen LogP contribution in [0.15, 0.2) is 23.1 Å². The molecular weight excluding hydrogens is 279 g/mol. The molecule has 0 saturated carbocycles. The van der Waals surface area contributed by atoms with Gasteiger partial charge in [-0.3, -0.25) is 0 Å². The van der Waals surface area contributed by atoms with Crippen LogP contribution in [0.3, 0.4) is 0 Å². The molecule has 0 aromatic heterocycles. The lowest BCUT2D eigenvalue weighted by Gasteiger charge is -2.31. The average Bonchev–Trinajstić information content (AvgIpc) is 2.30. The molecule has 0 spiro atoms. The molecule has 0 heterocycles. The predicted molar refractivity (Wildman–Crippen MR) is 78.4 cm³/mol. The van der Waals surface area contributed by atoms with E-state index >= 15 is 0 Å². The summed E-state index contributed by atoms with van der Waals surface area (Å²) < 4.78 is 41.0. The largest absolute Gasteiger partial charge is 0.329 e. The van der Waals surface area contributed by atoms with Gasteiger partial charge >= 0.3 is 0 Å². The summed E-state index contributed by atoms with van der Waals surface area (Å²) in [5.74, 6) is -0.244. The number of benzene rings is 1. The molecular formula is C14H23FN2O2S. The van der Waals surface area contributed by atoms with Crippen molar-refractivity contribution in [2.24, 2.45) is 11.7 Å². The van der Waals surface area contributed by atoms with Gasteiger partial charge in [-0.1, -0.05) is 19.9 Å². The normalized spacial score (nSPS) is 15.3. The minimum atomic E-state index is -3.80. The third kappa shape index (κ3) is 4.01. The van der Waals surface area contributed by atoms with Gasteiger partial charge in [-0.15, -0.1) is 0 Å². The second-order valence-corrected chi connectivity index (χ2v) is 7.48. The minimum Gasteiger partial charge on any atom is -0.329 e. The fourth-order valence-corrected chi connectivity index (χ4v) is 4.01. The van der Waals surface area contributed by atoms with Crippen molar-refractivity contribution in [2.75, 3.05) is 6.54 Å². The number of hydrogen-bond acceptors (Lipinski definition) is 3.